The molecule has 1 unspecified atom stereocenters. The number of hydrogen-bond acceptors (Lipinski definition) is 0. The number of benzene rings is 2. The first-order chi connectivity index (χ1) is 6.86. The minimum Gasteiger partial charge on any atom is -0.206 e. The number of rotatable bonds is 2. The van der Waals surface area contributed by atoms with Crippen LogP contribution in [0.25, 0.3) is 0 Å². The molecule has 0 N–H and O–H groups in total. The van der Waals surface area contributed by atoms with E-state index in [1.165, 1.54) is 6.07 Å². The summed E-state index contributed by atoms with van der Waals surface area (Å²) in [4.78, 5) is 0. The van der Waals surface area contributed by atoms with Crippen LogP contribution >= 0.6 is 8.58 Å². The Hall–Kier alpha value is -1.20. The van der Waals surface area contributed by atoms with E-state index in [-0.39, 0.29) is 5.82 Å². The third-order valence-corrected chi connectivity index (χ3v) is 3.22. The molecule has 14 heavy (non-hydrogen) atoms. The van der Waals surface area contributed by atoms with E-state index in [1.54, 1.807) is 6.07 Å². The van der Waals surface area contributed by atoms with Gasteiger partial charge in [-0.1, -0.05) is 57.1 Å². The van der Waals surface area contributed by atoms with Gasteiger partial charge in [-0.25, -0.2) is 4.39 Å². The second kappa shape index (κ2) is 4.34. The molecular formula is C12H10FP. The summed E-state index contributed by atoms with van der Waals surface area (Å²) in [6.45, 7) is 0. The molecule has 0 heterocycles. The van der Waals surface area contributed by atoms with E-state index in [9.17, 15) is 4.39 Å². The van der Waals surface area contributed by atoms with Crippen LogP contribution in [0.4, 0.5) is 4.39 Å². The molecule has 2 heteroatoms. The van der Waals surface area contributed by atoms with E-state index in [2.05, 4.69) is 0 Å². The van der Waals surface area contributed by atoms with Gasteiger partial charge in [0, 0.05) is 5.30 Å². The average Bonchev–Trinajstić information content (AvgIpc) is 2.23. The highest BCUT2D eigenvalue weighted by atomic mass is 31.1. The van der Waals surface area contributed by atoms with Crippen molar-refractivity contribution in [3.63, 3.8) is 0 Å². The van der Waals surface area contributed by atoms with Gasteiger partial charge in [0.1, 0.15) is 5.82 Å². The molecule has 0 aliphatic carbocycles. The highest BCUT2D eigenvalue weighted by molar-refractivity contribution is 7.55. The van der Waals surface area contributed by atoms with Crippen LogP contribution in [0.3, 0.4) is 0 Å². The lowest BCUT2D eigenvalue weighted by molar-refractivity contribution is 0.636. The van der Waals surface area contributed by atoms with Gasteiger partial charge in [-0.15, -0.1) is 0 Å². The van der Waals surface area contributed by atoms with E-state index in [1.807, 2.05) is 42.5 Å². The van der Waals surface area contributed by atoms with Crippen LogP contribution in [0.15, 0.2) is 54.6 Å². The summed E-state index contributed by atoms with van der Waals surface area (Å²) < 4.78 is 13.3. The van der Waals surface area contributed by atoms with Gasteiger partial charge < -0.3 is 0 Å². The molecule has 0 bridgehead atoms. The molecule has 1 atom stereocenters. The Bertz CT molecular complexity index is 412. The second-order valence-corrected chi connectivity index (χ2v) is 4.34. The normalized spacial score (nSPS) is 10.9. The van der Waals surface area contributed by atoms with Crippen molar-refractivity contribution >= 4 is 19.2 Å². The fourth-order valence-electron chi connectivity index (χ4n) is 1.24. The summed E-state index contributed by atoms with van der Waals surface area (Å²) in [6.07, 6.45) is 0. The highest BCUT2D eigenvalue weighted by Gasteiger charge is 2.00. The minimum atomic E-state index is -0.116. The van der Waals surface area contributed by atoms with Gasteiger partial charge in [-0.2, -0.15) is 0 Å². The standard InChI is InChI=1S/C12H10FP/c13-11-8-4-5-9-12(11)14-10-6-2-1-3-7-10/h1-9,14H. The molecule has 0 saturated heterocycles. The van der Waals surface area contributed by atoms with Crippen molar-refractivity contribution in [2.75, 3.05) is 0 Å². The maximum Gasteiger partial charge on any atom is 0.130 e. The van der Waals surface area contributed by atoms with E-state index < -0.39 is 0 Å². The molecule has 0 nitrogen and oxygen atoms in total. The SMILES string of the molecule is Fc1ccccc1Pc1ccccc1. The molecule has 0 spiro atoms. The zero-order valence-corrected chi connectivity index (χ0v) is 8.57. The number of hydrogen-bond donors (Lipinski definition) is 0. The maximum atomic E-state index is 13.3. The van der Waals surface area contributed by atoms with Crippen LogP contribution < -0.4 is 10.6 Å². The molecule has 0 amide bonds. The second-order valence-electron chi connectivity index (χ2n) is 2.97. The first-order valence-electron chi connectivity index (χ1n) is 4.43. The quantitative estimate of drug-likeness (QED) is 0.659. The lowest BCUT2D eigenvalue weighted by atomic mass is 10.3. The van der Waals surface area contributed by atoms with Gasteiger partial charge in [-0.05, 0) is 11.4 Å². The Labute approximate surface area is 84.6 Å². The van der Waals surface area contributed by atoms with Gasteiger partial charge in [0.15, 0.2) is 0 Å². The smallest absolute Gasteiger partial charge is 0.130 e. The zero-order chi connectivity index (χ0) is 9.80. The minimum absolute atomic E-state index is 0.116. The molecule has 2 rings (SSSR count). The zero-order valence-electron chi connectivity index (χ0n) is 7.57. The predicted octanol–water partition coefficient (Wildman–Crippen LogP) is 2.46. The van der Waals surface area contributed by atoms with E-state index in [0.717, 1.165) is 10.6 Å². The van der Waals surface area contributed by atoms with Gasteiger partial charge in [0.05, 0.1) is 0 Å². The summed E-state index contributed by atoms with van der Waals surface area (Å²) in [6, 6.07) is 16.9. The Kier molecular flexibility index (Phi) is 2.90. The molecule has 0 aromatic heterocycles. The van der Waals surface area contributed by atoms with Crippen LogP contribution in [0, 0.1) is 5.82 Å². The monoisotopic (exact) mass is 204 g/mol. The van der Waals surface area contributed by atoms with Crippen molar-refractivity contribution in [3.05, 3.63) is 60.4 Å². The van der Waals surface area contributed by atoms with Crippen LogP contribution in [0.1, 0.15) is 0 Å². The highest BCUT2D eigenvalue weighted by Crippen LogP contribution is 2.11. The first kappa shape index (κ1) is 9.36. The Morgan fingerprint density at radius 2 is 1.43 bits per heavy atom. The Balaban J connectivity index is 2.24. The van der Waals surface area contributed by atoms with E-state index in [0.29, 0.717) is 8.58 Å². The molecule has 2 aromatic rings. The molecule has 2 aromatic carbocycles. The van der Waals surface area contributed by atoms with Crippen LogP contribution in [-0.2, 0) is 0 Å². The van der Waals surface area contributed by atoms with Crippen molar-refractivity contribution in [1.29, 1.82) is 0 Å². The molecule has 70 valence electrons. The molecule has 0 fully saturated rings. The molecule has 0 radical (unpaired) electrons. The summed E-state index contributed by atoms with van der Waals surface area (Å²) >= 11 is 0. The Morgan fingerprint density at radius 1 is 0.786 bits per heavy atom. The van der Waals surface area contributed by atoms with Crippen molar-refractivity contribution in [2.24, 2.45) is 0 Å². The number of halogens is 1. The van der Waals surface area contributed by atoms with Crippen molar-refractivity contribution < 1.29 is 4.39 Å². The lowest BCUT2D eigenvalue weighted by Crippen LogP contribution is -2.06. The summed E-state index contributed by atoms with van der Waals surface area (Å²) in [5, 5.41) is 1.94. The largest absolute Gasteiger partial charge is 0.206 e. The van der Waals surface area contributed by atoms with Gasteiger partial charge in [-0.3, -0.25) is 0 Å². The van der Waals surface area contributed by atoms with Crippen LogP contribution in [-0.4, -0.2) is 0 Å². The third kappa shape index (κ3) is 2.18. The molecule has 0 aliphatic rings. The summed E-state index contributed by atoms with van der Waals surface area (Å²) in [5.41, 5.74) is 0. The molecular weight excluding hydrogens is 194 g/mol. The van der Waals surface area contributed by atoms with Gasteiger partial charge in [0.2, 0.25) is 0 Å². The maximum absolute atomic E-state index is 13.3. The Morgan fingerprint density at radius 3 is 2.14 bits per heavy atom. The fraction of sp³-hybridized carbons (Fsp3) is 0. The summed E-state index contributed by atoms with van der Waals surface area (Å²) in [5.74, 6) is -0.116. The van der Waals surface area contributed by atoms with Gasteiger partial charge in [0.25, 0.3) is 0 Å². The summed E-state index contributed by atoms with van der Waals surface area (Å²) in [7, 11) is 0.401. The van der Waals surface area contributed by atoms with Crippen molar-refractivity contribution in [1.82, 2.24) is 0 Å². The molecule has 0 aliphatic heterocycles. The topological polar surface area (TPSA) is 0 Å². The third-order valence-electron chi connectivity index (χ3n) is 1.93. The lowest BCUT2D eigenvalue weighted by Gasteiger charge is -2.02. The molecule has 0 saturated carbocycles. The van der Waals surface area contributed by atoms with Crippen LogP contribution in [0.5, 0.6) is 0 Å². The average molecular weight is 204 g/mol. The van der Waals surface area contributed by atoms with E-state index in [4.69, 9.17) is 0 Å². The first-order valence-corrected chi connectivity index (χ1v) is 5.43. The fourth-order valence-corrected chi connectivity index (χ4v) is 2.29. The van der Waals surface area contributed by atoms with Crippen molar-refractivity contribution in [2.45, 2.75) is 0 Å². The van der Waals surface area contributed by atoms with Gasteiger partial charge >= 0.3 is 0 Å². The predicted molar refractivity (Wildman–Crippen MR) is 60.4 cm³/mol. The van der Waals surface area contributed by atoms with Crippen LogP contribution in [0.2, 0.25) is 0 Å². The van der Waals surface area contributed by atoms with Crippen molar-refractivity contribution in [3.8, 4) is 0 Å². The van der Waals surface area contributed by atoms with E-state index >= 15 is 0 Å².